The van der Waals surface area contributed by atoms with Crippen LogP contribution in [0.5, 0.6) is 0 Å². The molecule has 0 aliphatic heterocycles. The second kappa shape index (κ2) is 4.72. The minimum atomic E-state index is -0.785. The Hall–Kier alpha value is -1.36. The number of aliphatic carboxylic acids is 1. The Kier molecular flexibility index (Phi) is 3.07. The summed E-state index contributed by atoms with van der Waals surface area (Å²) in [4.78, 5) is 17.1. The molecule has 0 unspecified atom stereocenters. The molecule has 1 saturated carbocycles. The van der Waals surface area contributed by atoms with Crippen LogP contribution in [0.2, 0.25) is 0 Å². The minimum absolute atomic E-state index is 0.0901. The Morgan fingerprint density at radius 2 is 2.17 bits per heavy atom. The molecule has 5 heteroatoms. The molecular weight excluding hydrogens is 248 g/mol. The number of imidazole rings is 1. The summed E-state index contributed by atoms with van der Waals surface area (Å²) in [5.74, 6) is -0.180. The number of nitrogens with zero attached hydrogens (tertiary/aromatic N) is 2. The first-order valence-corrected chi connectivity index (χ1v) is 7.23. The van der Waals surface area contributed by atoms with E-state index >= 15 is 0 Å². The number of carboxylic acids is 1. The highest BCUT2D eigenvalue weighted by Crippen LogP contribution is 2.33. The van der Waals surface area contributed by atoms with Crippen molar-refractivity contribution in [2.75, 3.05) is 0 Å². The van der Waals surface area contributed by atoms with Gasteiger partial charge in [-0.15, -0.1) is 11.3 Å². The summed E-state index contributed by atoms with van der Waals surface area (Å²) in [6.07, 6.45) is 10.5. The molecule has 0 radical (unpaired) electrons. The number of hydrogen-bond acceptors (Lipinski definition) is 3. The van der Waals surface area contributed by atoms with Crippen LogP contribution >= 0.6 is 11.3 Å². The maximum atomic E-state index is 10.7. The van der Waals surface area contributed by atoms with Gasteiger partial charge in [-0.3, -0.25) is 9.20 Å². The highest BCUT2D eigenvalue weighted by molar-refractivity contribution is 7.17. The zero-order chi connectivity index (χ0) is 12.5. The maximum absolute atomic E-state index is 10.7. The first-order valence-electron chi connectivity index (χ1n) is 6.41. The molecular formula is C13H16N2O2S. The summed E-state index contributed by atoms with van der Waals surface area (Å²) < 4.78 is 1.98. The van der Waals surface area contributed by atoms with Gasteiger partial charge in [0.15, 0.2) is 4.96 Å². The zero-order valence-electron chi connectivity index (χ0n) is 10.1. The smallest absolute Gasteiger partial charge is 0.308 e. The second-order valence-electron chi connectivity index (χ2n) is 4.96. The number of hydrogen-bond donors (Lipinski definition) is 1. The Morgan fingerprint density at radius 1 is 1.39 bits per heavy atom. The number of carboxylic acid groups (broad SMARTS) is 1. The highest BCUT2D eigenvalue weighted by atomic mass is 32.1. The molecule has 18 heavy (non-hydrogen) atoms. The molecule has 1 aliphatic rings. The average molecular weight is 264 g/mol. The van der Waals surface area contributed by atoms with Gasteiger partial charge in [-0.1, -0.05) is 19.3 Å². The van der Waals surface area contributed by atoms with E-state index in [-0.39, 0.29) is 6.42 Å². The van der Waals surface area contributed by atoms with Gasteiger partial charge in [-0.05, 0) is 12.8 Å². The number of aromatic nitrogens is 2. The van der Waals surface area contributed by atoms with Crippen LogP contribution in [0, 0.1) is 0 Å². The van der Waals surface area contributed by atoms with Crippen molar-refractivity contribution in [3.05, 3.63) is 23.0 Å². The van der Waals surface area contributed by atoms with Crippen LogP contribution in [-0.4, -0.2) is 20.5 Å². The standard InChI is InChI=1S/C13H16N2O2S/c16-12(17)6-10-7-15-8-11(14-13(15)18-10)9-4-2-1-3-5-9/h7-9H,1-6H2,(H,16,17). The molecule has 1 aliphatic carbocycles. The number of fused-ring (bicyclic) bond motifs is 1. The zero-order valence-corrected chi connectivity index (χ0v) is 10.9. The summed E-state index contributed by atoms with van der Waals surface area (Å²) in [5.41, 5.74) is 1.18. The van der Waals surface area contributed by atoms with Gasteiger partial charge in [0.25, 0.3) is 0 Å². The lowest BCUT2D eigenvalue weighted by Gasteiger charge is -2.19. The van der Waals surface area contributed by atoms with Gasteiger partial charge in [0.05, 0.1) is 12.1 Å². The van der Waals surface area contributed by atoms with Crippen LogP contribution in [0.3, 0.4) is 0 Å². The molecule has 0 bridgehead atoms. The molecule has 0 atom stereocenters. The molecule has 4 nitrogen and oxygen atoms in total. The fraction of sp³-hybridized carbons (Fsp3) is 0.538. The molecule has 2 heterocycles. The topological polar surface area (TPSA) is 54.6 Å². The quantitative estimate of drug-likeness (QED) is 0.927. The predicted molar refractivity (Wildman–Crippen MR) is 70.2 cm³/mol. The van der Waals surface area contributed by atoms with Crippen molar-refractivity contribution in [1.82, 2.24) is 9.38 Å². The van der Waals surface area contributed by atoms with Crippen LogP contribution < -0.4 is 0 Å². The van der Waals surface area contributed by atoms with E-state index < -0.39 is 5.97 Å². The van der Waals surface area contributed by atoms with Crippen LogP contribution in [0.25, 0.3) is 4.96 Å². The van der Waals surface area contributed by atoms with E-state index in [0.29, 0.717) is 5.92 Å². The summed E-state index contributed by atoms with van der Waals surface area (Å²) in [7, 11) is 0. The maximum Gasteiger partial charge on any atom is 0.308 e. The summed E-state index contributed by atoms with van der Waals surface area (Å²) in [5, 5.41) is 8.77. The van der Waals surface area contributed by atoms with E-state index in [9.17, 15) is 4.79 Å². The first kappa shape index (κ1) is 11.7. The molecule has 3 rings (SSSR count). The molecule has 0 aromatic carbocycles. The van der Waals surface area contributed by atoms with Gasteiger partial charge >= 0.3 is 5.97 Å². The fourth-order valence-corrected chi connectivity index (χ4v) is 3.65. The normalized spacial score (nSPS) is 17.3. The molecule has 2 aromatic rings. The molecule has 96 valence electrons. The van der Waals surface area contributed by atoms with Crippen molar-refractivity contribution in [2.24, 2.45) is 0 Å². The van der Waals surface area contributed by atoms with Crippen LogP contribution in [-0.2, 0) is 11.2 Å². The van der Waals surface area contributed by atoms with Crippen LogP contribution in [0.4, 0.5) is 0 Å². The van der Waals surface area contributed by atoms with Crippen molar-refractivity contribution in [3.8, 4) is 0 Å². The fourth-order valence-electron chi connectivity index (χ4n) is 2.69. The third-order valence-corrected chi connectivity index (χ3v) is 4.57. The number of rotatable bonds is 3. The van der Waals surface area contributed by atoms with Gasteiger partial charge in [-0.2, -0.15) is 0 Å². The number of carbonyl (C=O) groups is 1. The Morgan fingerprint density at radius 3 is 2.83 bits per heavy atom. The van der Waals surface area contributed by atoms with Gasteiger partial charge in [0, 0.05) is 23.2 Å². The second-order valence-corrected chi connectivity index (χ2v) is 6.05. The lowest BCUT2D eigenvalue weighted by molar-refractivity contribution is -0.136. The minimum Gasteiger partial charge on any atom is -0.481 e. The van der Waals surface area contributed by atoms with Gasteiger partial charge in [0.1, 0.15) is 0 Å². The lowest BCUT2D eigenvalue weighted by atomic mass is 9.87. The number of thiazole rings is 1. The third-order valence-electron chi connectivity index (χ3n) is 3.57. The van der Waals surface area contributed by atoms with E-state index in [1.807, 2.05) is 10.6 Å². The summed E-state index contributed by atoms with van der Waals surface area (Å²) in [6, 6.07) is 0. The lowest BCUT2D eigenvalue weighted by Crippen LogP contribution is -2.04. The molecule has 0 amide bonds. The first-order chi connectivity index (χ1) is 8.72. The van der Waals surface area contributed by atoms with Crippen molar-refractivity contribution >= 4 is 22.3 Å². The van der Waals surface area contributed by atoms with Crippen molar-refractivity contribution in [2.45, 2.75) is 44.4 Å². The van der Waals surface area contributed by atoms with Crippen LogP contribution in [0.15, 0.2) is 12.4 Å². The van der Waals surface area contributed by atoms with Crippen molar-refractivity contribution < 1.29 is 9.90 Å². The third kappa shape index (κ3) is 2.27. The largest absolute Gasteiger partial charge is 0.481 e. The van der Waals surface area contributed by atoms with E-state index in [4.69, 9.17) is 5.11 Å². The molecule has 1 N–H and O–H groups in total. The van der Waals surface area contributed by atoms with E-state index in [2.05, 4.69) is 11.2 Å². The summed E-state index contributed by atoms with van der Waals surface area (Å²) in [6.45, 7) is 0. The SMILES string of the molecule is O=C(O)Cc1cn2cc(C3CCCCC3)nc2s1. The van der Waals surface area contributed by atoms with Crippen molar-refractivity contribution in [1.29, 1.82) is 0 Å². The Bertz CT molecular complexity index is 535. The Balaban J connectivity index is 1.83. The monoisotopic (exact) mass is 264 g/mol. The molecule has 0 spiro atoms. The van der Waals surface area contributed by atoms with E-state index in [1.165, 1.54) is 49.1 Å². The van der Waals surface area contributed by atoms with Crippen molar-refractivity contribution in [3.63, 3.8) is 0 Å². The average Bonchev–Trinajstić information content (AvgIpc) is 2.87. The predicted octanol–water partition coefficient (Wildman–Crippen LogP) is 3.07. The van der Waals surface area contributed by atoms with Crippen LogP contribution in [0.1, 0.15) is 48.6 Å². The Labute approximate surface area is 109 Å². The highest BCUT2D eigenvalue weighted by Gasteiger charge is 2.19. The van der Waals surface area contributed by atoms with Gasteiger partial charge < -0.3 is 5.11 Å². The summed E-state index contributed by atoms with van der Waals surface area (Å²) >= 11 is 1.48. The van der Waals surface area contributed by atoms with E-state index in [1.54, 1.807) is 0 Å². The molecule has 2 aromatic heterocycles. The molecule has 0 saturated heterocycles. The molecule has 1 fully saturated rings. The van der Waals surface area contributed by atoms with Gasteiger partial charge in [-0.25, -0.2) is 4.98 Å². The van der Waals surface area contributed by atoms with E-state index in [0.717, 1.165) is 9.84 Å². The van der Waals surface area contributed by atoms with Gasteiger partial charge in [0.2, 0.25) is 0 Å².